The Hall–Kier alpha value is -1.86. The Balaban J connectivity index is 2.43. The van der Waals surface area contributed by atoms with Crippen LogP contribution in [0.1, 0.15) is 20.8 Å². The number of rotatable bonds is 4. The number of carbonyl (C=O) groups is 1. The lowest BCUT2D eigenvalue weighted by Gasteiger charge is -2.09. The van der Waals surface area contributed by atoms with Crippen molar-refractivity contribution in [2.24, 2.45) is 0 Å². The summed E-state index contributed by atoms with van der Waals surface area (Å²) in [6.07, 6.45) is 0. The van der Waals surface area contributed by atoms with Gasteiger partial charge < -0.3 is 5.11 Å². The highest BCUT2D eigenvalue weighted by atomic mass is 32.2. The van der Waals surface area contributed by atoms with E-state index in [2.05, 4.69) is 4.72 Å². The second kappa shape index (κ2) is 5.26. The van der Waals surface area contributed by atoms with Crippen LogP contribution in [0.3, 0.4) is 0 Å². The highest BCUT2D eigenvalue weighted by Gasteiger charge is 2.26. The molecule has 0 fully saturated rings. The summed E-state index contributed by atoms with van der Waals surface area (Å²) in [6, 6.07) is 6.82. The number of thiophene rings is 1. The molecule has 0 bridgehead atoms. The zero-order valence-electron chi connectivity index (χ0n) is 10.9. The van der Waals surface area contributed by atoms with E-state index in [0.29, 0.717) is 11.3 Å². The first-order valence-corrected chi connectivity index (χ1v) is 8.08. The number of hydrogen-bond donors (Lipinski definition) is 2. The molecular formula is C13H13NO4S2. The monoisotopic (exact) mass is 311 g/mol. The zero-order valence-corrected chi connectivity index (χ0v) is 12.5. The summed E-state index contributed by atoms with van der Waals surface area (Å²) in [4.78, 5) is 10.7. The van der Waals surface area contributed by atoms with Crippen LogP contribution >= 0.6 is 11.3 Å². The van der Waals surface area contributed by atoms with Crippen molar-refractivity contribution in [1.82, 2.24) is 0 Å². The lowest BCUT2D eigenvalue weighted by molar-refractivity contribution is 0.0698. The van der Waals surface area contributed by atoms with Gasteiger partial charge >= 0.3 is 5.97 Å². The fraction of sp³-hybridized carbons (Fsp3) is 0.154. The standard InChI is InChI=1S/C13H13NO4S2/c1-8-3-5-10(6-4-8)14-20(17,18)12-9(2)7-19-11(12)13(15)16/h3-7,14H,1-2H3,(H,15,16). The molecule has 0 atom stereocenters. The van der Waals surface area contributed by atoms with Crippen LogP contribution in [-0.4, -0.2) is 19.5 Å². The van der Waals surface area contributed by atoms with Gasteiger partial charge in [0.1, 0.15) is 9.77 Å². The van der Waals surface area contributed by atoms with E-state index in [-0.39, 0.29) is 9.77 Å². The maximum Gasteiger partial charge on any atom is 0.347 e. The van der Waals surface area contributed by atoms with Gasteiger partial charge in [-0.3, -0.25) is 4.72 Å². The van der Waals surface area contributed by atoms with Gasteiger partial charge in [-0.15, -0.1) is 11.3 Å². The number of aryl methyl sites for hydroxylation is 2. The molecule has 1 aromatic carbocycles. The van der Waals surface area contributed by atoms with E-state index >= 15 is 0 Å². The number of anilines is 1. The summed E-state index contributed by atoms with van der Waals surface area (Å²) in [6.45, 7) is 3.47. The Labute approximate surface area is 120 Å². The quantitative estimate of drug-likeness (QED) is 0.909. The lowest BCUT2D eigenvalue weighted by Crippen LogP contribution is -2.16. The van der Waals surface area contributed by atoms with Gasteiger partial charge in [-0.05, 0) is 36.9 Å². The van der Waals surface area contributed by atoms with Gasteiger partial charge in [0.2, 0.25) is 0 Å². The first kappa shape index (κ1) is 14.5. The van der Waals surface area contributed by atoms with Crippen LogP contribution in [0.4, 0.5) is 5.69 Å². The molecule has 2 rings (SSSR count). The largest absolute Gasteiger partial charge is 0.477 e. The van der Waals surface area contributed by atoms with E-state index in [4.69, 9.17) is 5.11 Å². The number of hydrogen-bond acceptors (Lipinski definition) is 4. The molecule has 0 aliphatic rings. The molecule has 2 aromatic rings. The zero-order chi connectivity index (χ0) is 14.9. The van der Waals surface area contributed by atoms with Crippen LogP contribution in [-0.2, 0) is 10.0 Å². The Morgan fingerprint density at radius 1 is 1.20 bits per heavy atom. The predicted octanol–water partition coefficient (Wildman–Crippen LogP) is 2.86. The molecule has 106 valence electrons. The molecule has 0 aliphatic carbocycles. The van der Waals surface area contributed by atoms with Gasteiger partial charge in [0.25, 0.3) is 10.0 Å². The van der Waals surface area contributed by atoms with Gasteiger partial charge in [-0.25, -0.2) is 13.2 Å². The minimum Gasteiger partial charge on any atom is -0.477 e. The molecule has 0 unspecified atom stereocenters. The third-order valence-corrected chi connectivity index (χ3v) is 5.47. The fourth-order valence-corrected chi connectivity index (χ4v) is 4.43. The molecule has 0 radical (unpaired) electrons. The topological polar surface area (TPSA) is 83.5 Å². The molecule has 2 N–H and O–H groups in total. The Morgan fingerprint density at radius 2 is 1.80 bits per heavy atom. The van der Waals surface area contributed by atoms with Crippen LogP contribution in [0.15, 0.2) is 34.5 Å². The molecule has 20 heavy (non-hydrogen) atoms. The first-order valence-electron chi connectivity index (χ1n) is 5.72. The molecule has 0 spiro atoms. The Morgan fingerprint density at radius 3 is 2.35 bits per heavy atom. The highest BCUT2D eigenvalue weighted by molar-refractivity contribution is 7.93. The maximum absolute atomic E-state index is 12.3. The van der Waals surface area contributed by atoms with Crippen molar-refractivity contribution in [3.8, 4) is 0 Å². The second-order valence-corrected chi connectivity index (χ2v) is 6.85. The molecule has 0 saturated heterocycles. The number of carboxylic acids is 1. The number of sulfonamides is 1. The summed E-state index contributed by atoms with van der Waals surface area (Å²) in [7, 11) is -3.91. The van der Waals surface area contributed by atoms with E-state index < -0.39 is 16.0 Å². The number of carboxylic acid groups (broad SMARTS) is 1. The van der Waals surface area contributed by atoms with Crippen LogP contribution < -0.4 is 4.72 Å². The summed E-state index contributed by atoms with van der Waals surface area (Å²) in [5.74, 6) is -1.24. The van der Waals surface area contributed by atoms with E-state index in [1.165, 1.54) is 5.38 Å². The average Bonchev–Trinajstić information content (AvgIpc) is 2.75. The van der Waals surface area contributed by atoms with Crippen molar-refractivity contribution in [1.29, 1.82) is 0 Å². The Kier molecular flexibility index (Phi) is 3.82. The third-order valence-electron chi connectivity index (χ3n) is 2.68. The molecule has 5 nitrogen and oxygen atoms in total. The van der Waals surface area contributed by atoms with Crippen molar-refractivity contribution in [2.75, 3.05) is 4.72 Å². The third kappa shape index (κ3) is 2.83. The van der Waals surface area contributed by atoms with Crippen molar-refractivity contribution in [2.45, 2.75) is 18.7 Å². The maximum atomic E-state index is 12.3. The molecular weight excluding hydrogens is 298 g/mol. The van der Waals surface area contributed by atoms with Crippen molar-refractivity contribution >= 4 is 33.0 Å². The Bertz CT molecular complexity index is 745. The van der Waals surface area contributed by atoms with Crippen molar-refractivity contribution in [3.05, 3.63) is 45.6 Å². The highest BCUT2D eigenvalue weighted by Crippen LogP contribution is 2.28. The molecule has 1 heterocycles. The molecule has 0 aliphatic heterocycles. The summed E-state index contributed by atoms with van der Waals surface area (Å²) in [5, 5.41) is 10.6. The van der Waals surface area contributed by atoms with Gasteiger partial charge in [0.05, 0.1) is 0 Å². The predicted molar refractivity (Wildman–Crippen MR) is 78.0 cm³/mol. The number of benzene rings is 1. The second-order valence-electron chi connectivity index (χ2n) is 4.35. The van der Waals surface area contributed by atoms with E-state index in [1.807, 2.05) is 6.92 Å². The van der Waals surface area contributed by atoms with Crippen molar-refractivity contribution in [3.63, 3.8) is 0 Å². The average molecular weight is 311 g/mol. The smallest absolute Gasteiger partial charge is 0.347 e. The van der Waals surface area contributed by atoms with Crippen molar-refractivity contribution < 1.29 is 18.3 Å². The number of aromatic carboxylic acids is 1. The van der Waals surface area contributed by atoms with E-state index in [9.17, 15) is 13.2 Å². The van der Waals surface area contributed by atoms with Crippen LogP contribution in [0, 0.1) is 13.8 Å². The molecule has 1 aromatic heterocycles. The minimum absolute atomic E-state index is 0.171. The van der Waals surface area contributed by atoms with Gasteiger partial charge in [0, 0.05) is 5.69 Å². The number of nitrogens with one attached hydrogen (secondary N) is 1. The summed E-state index contributed by atoms with van der Waals surface area (Å²) >= 11 is 0.905. The van der Waals surface area contributed by atoms with E-state index in [1.54, 1.807) is 31.2 Å². The van der Waals surface area contributed by atoms with Crippen LogP contribution in [0.25, 0.3) is 0 Å². The van der Waals surface area contributed by atoms with Gasteiger partial charge in [0.15, 0.2) is 0 Å². The summed E-state index contributed by atoms with van der Waals surface area (Å²) < 4.78 is 27.1. The lowest BCUT2D eigenvalue weighted by atomic mass is 10.2. The van der Waals surface area contributed by atoms with E-state index in [0.717, 1.165) is 16.9 Å². The molecule has 0 amide bonds. The summed E-state index contributed by atoms with van der Waals surface area (Å²) in [5.41, 5.74) is 1.83. The fourth-order valence-electron chi connectivity index (χ4n) is 1.74. The first-order chi connectivity index (χ1) is 9.31. The molecule has 7 heteroatoms. The SMILES string of the molecule is Cc1ccc(NS(=O)(=O)c2c(C)csc2C(=O)O)cc1. The van der Waals surface area contributed by atoms with Gasteiger partial charge in [-0.2, -0.15) is 0 Å². The minimum atomic E-state index is -3.91. The normalized spacial score (nSPS) is 11.3. The molecule has 0 saturated carbocycles. The van der Waals surface area contributed by atoms with Crippen LogP contribution in [0.2, 0.25) is 0 Å². The van der Waals surface area contributed by atoms with Crippen LogP contribution in [0.5, 0.6) is 0 Å². The van der Waals surface area contributed by atoms with Gasteiger partial charge in [-0.1, -0.05) is 17.7 Å².